The van der Waals surface area contributed by atoms with Crippen LogP contribution in [0.3, 0.4) is 0 Å². The molecular formula is C24H25ClFNO5. The summed E-state index contributed by atoms with van der Waals surface area (Å²) in [5, 5.41) is 3.24. The second kappa shape index (κ2) is 10.1. The Morgan fingerprint density at radius 3 is 2.62 bits per heavy atom. The number of nitrogens with one attached hydrogen (secondary N) is 1. The maximum Gasteiger partial charge on any atom is 0.516 e. The minimum Gasteiger partial charge on any atom is -0.434 e. The van der Waals surface area contributed by atoms with E-state index < -0.39 is 23.4 Å². The van der Waals surface area contributed by atoms with E-state index in [1.807, 2.05) is 19.1 Å². The van der Waals surface area contributed by atoms with E-state index in [4.69, 9.17) is 21.1 Å². The molecule has 1 fully saturated rings. The van der Waals surface area contributed by atoms with Crippen molar-refractivity contribution in [3.63, 3.8) is 0 Å². The van der Waals surface area contributed by atoms with Crippen molar-refractivity contribution in [3.8, 4) is 11.1 Å². The van der Waals surface area contributed by atoms with Crippen molar-refractivity contribution in [2.75, 3.05) is 6.61 Å². The number of hydrogen-bond acceptors (Lipinski definition) is 5. The zero-order valence-electron chi connectivity index (χ0n) is 18.0. The maximum atomic E-state index is 14.1. The fraction of sp³-hybridized carbons (Fsp3) is 0.375. The Hall–Kier alpha value is -2.93. The summed E-state index contributed by atoms with van der Waals surface area (Å²) in [6.07, 6.45) is 1.04. The lowest BCUT2D eigenvalue weighted by Crippen LogP contribution is -2.38. The van der Waals surface area contributed by atoms with Gasteiger partial charge in [0.25, 0.3) is 0 Å². The zero-order valence-corrected chi connectivity index (χ0v) is 18.7. The molecule has 3 rings (SSSR count). The maximum absolute atomic E-state index is 14.1. The molecule has 2 atom stereocenters. The Balaban J connectivity index is 1.62. The minimum atomic E-state index is -1.47. The Morgan fingerprint density at radius 2 is 1.94 bits per heavy atom. The van der Waals surface area contributed by atoms with Crippen molar-refractivity contribution in [1.29, 1.82) is 0 Å². The van der Waals surface area contributed by atoms with E-state index in [0.29, 0.717) is 29.0 Å². The van der Waals surface area contributed by atoms with Crippen LogP contribution in [0, 0.1) is 11.2 Å². The number of rotatable bonds is 7. The first-order valence-electron chi connectivity index (χ1n) is 10.5. The molecule has 6 nitrogen and oxygen atoms in total. The van der Waals surface area contributed by atoms with Gasteiger partial charge in [0.15, 0.2) is 0 Å². The van der Waals surface area contributed by atoms with Crippen LogP contribution in [-0.2, 0) is 25.5 Å². The largest absolute Gasteiger partial charge is 0.516 e. The molecule has 1 saturated heterocycles. The van der Waals surface area contributed by atoms with E-state index in [-0.39, 0.29) is 24.9 Å². The number of esters is 1. The molecule has 0 saturated carbocycles. The van der Waals surface area contributed by atoms with Crippen molar-refractivity contribution < 1.29 is 28.2 Å². The van der Waals surface area contributed by atoms with Crippen LogP contribution in [-0.4, -0.2) is 30.7 Å². The molecule has 1 amide bonds. The summed E-state index contributed by atoms with van der Waals surface area (Å²) in [6, 6.07) is 11.3. The van der Waals surface area contributed by atoms with Gasteiger partial charge in [0.2, 0.25) is 5.91 Å². The fourth-order valence-corrected chi connectivity index (χ4v) is 3.79. The number of halogens is 2. The lowest BCUT2D eigenvalue weighted by atomic mass is 9.86. The van der Waals surface area contributed by atoms with Gasteiger partial charge in [-0.1, -0.05) is 49.2 Å². The highest BCUT2D eigenvalue weighted by Gasteiger charge is 2.51. The summed E-state index contributed by atoms with van der Waals surface area (Å²) in [6.45, 7) is 3.55. The fourth-order valence-electron chi connectivity index (χ4n) is 3.62. The van der Waals surface area contributed by atoms with Crippen LogP contribution in [0.5, 0.6) is 0 Å². The van der Waals surface area contributed by atoms with Crippen LogP contribution >= 0.6 is 11.6 Å². The molecule has 8 heteroatoms. The summed E-state index contributed by atoms with van der Waals surface area (Å²) in [5.41, 5.74) is 0.509. The van der Waals surface area contributed by atoms with Gasteiger partial charge in [0.1, 0.15) is 11.2 Å². The van der Waals surface area contributed by atoms with E-state index in [0.717, 1.165) is 12.0 Å². The molecule has 2 aromatic rings. The molecular weight excluding hydrogens is 437 g/mol. The van der Waals surface area contributed by atoms with Crippen LogP contribution in [0.1, 0.15) is 38.7 Å². The quantitative estimate of drug-likeness (QED) is 0.354. The number of ether oxygens (including phenoxy) is 2. The summed E-state index contributed by atoms with van der Waals surface area (Å²) in [4.78, 5) is 36.6. The molecule has 1 heterocycles. The lowest BCUT2D eigenvalue weighted by Gasteiger charge is -2.17. The third-order valence-corrected chi connectivity index (χ3v) is 5.75. The molecule has 0 unspecified atom stereocenters. The van der Waals surface area contributed by atoms with Crippen LogP contribution < -0.4 is 5.32 Å². The van der Waals surface area contributed by atoms with Gasteiger partial charge >= 0.3 is 12.1 Å². The molecule has 170 valence electrons. The molecule has 1 aliphatic heterocycles. The van der Waals surface area contributed by atoms with Gasteiger partial charge in [-0.15, -0.1) is 0 Å². The molecule has 0 spiro atoms. The third kappa shape index (κ3) is 5.46. The first-order valence-corrected chi connectivity index (χ1v) is 10.8. The van der Waals surface area contributed by atoms with Gasteiger partial charge in [0, 0.05) is 16.6 Å². The Bertz CT molecular complexity index is 1010. The molecule has 2 aromatic carbocycles. The monoisotopic (exact) mass is 461 g/mol. The van der Waals surface area contributed by atoms with Crippen molar-refractivity contribution in [2.24, 2.45) is 5.41 Å². The van der Waals surface area contributed by atoms with Gasteiger partial charge in [-0.25, -0.2) is 9.18 Å². The first-order chi connectivity index (χ1) is 15.2. The highest BCUT2D eigenvalue weighted by molar-refractivity contribution is 6.30. The van der Waals surface area contributed by atoms with Crippen molar-refractivity contribution in [2.45, 2.75) is 45.6 Å². The number of carbonyl (C=O) groups excluding carboxylic acids is 3. The highest BCUT2D eigenvalue weighted by atomic mass is 35.5. The van der Waals surface area contributed by atoms with E-state index >= 15 is 0 Å². The minimum absolute atomic E-state index is 0.156. The molecule has 0 aliphatic carbocycles. The molecule has 0 bridgehead atoms. The zero-order chi connectivity index (χ0) is 23.3. The smallest absolute Gasteiger partial charge is 0.434 e. The van der Waals surface area contributed by atoms with Crippen LogP contribution in [0.25, 0.3) is 11.1 Å². The van der Waals surface area contributed by atoms with E-state index in [2.05, 4.69) is 5.32 Å². The van der Waals surface area contributed by atoms with Crippen molar-refractivity contribution in [1.82, 2.24) is 5.32 Å². The van der Waals surface area contributed by atoms with Crippen LogP contribution in [0.2, 0.25) is 5.02 Å². The number of hydrogen-bond donors (Lipinski definition) is 1. The van der Waals surface area contributed by atoms with Crippen molar-refractivity contribution in [3.05, 3.63) is 58.9 Å². The average molecular weight is 462 g/mol. The first kappa shape index (κ1) is 23.7. The average Bonchev–Trinajstić information content (AvgIpc) is 3.05. The SMILES string of the molecule is CCCCOC(=O)OC(=O)[C@]1(C)C[C@@H](Cc2ccc(-c3cc(Cl)ccc3F)cc2)NC1=O. The van der Waals surface area contributed by atoms with E-state index in [1.165, 1.54) is 19.1 Å². The summed E-state index contributed by atoms with van der Waals surface area (Å²) in [7, 11) is 0. The summed E-state index contributed by atoms with van der Waals surface area (Å²) < 4.78 is 23.6. The third-order valence-electron chi connectivity index (χ3n) is 5.51. The molecule has 0 radical (unpaired) electrons. The highest BCUT2D eigenvalue weighted by Crippen LogP contribution is 2.33. The standard InChI is InChI=1S/C24H25ClFNO5/c1-3-4-11-31-23(30)32-22(29)24(2)14-18(27-21(24)28)12-15-5-7-16(8-6-15)19-13-17(25)9-10-20(19)26/h5-10,13,18H,3-4,11-12,14H2,1-2H3,(H,27,28)/t18-,24-/m1/s1. The van der Waals surface area contributed by atoms with Gasteiger partial charge in [-0.05, 0) is 55.5 Å². The molecule has 32 heavy (non-hydrogen) atoms. The Labute approximate surface area is 191 Å². The van der Waals surface area contributed by atoms with Gasteiger partial charge < -0.3 is 14.8 Å². The van der Waals surface area contributed by atoms with Gasteiger partial charge in [-0.3, -0.25) is 9.59 Å². The summed E-state index contributed by atoms with van der Waals surface area (Å²) >= 11 is 5.97. The normalized spacial score (nSPS) is 20.0. The number of carbonyl (C=O) groups is 3. The number of unbranched alkanes of at least 4 members (excludes halogenated alkanes) is 1. The molecule has 1 aliphatic rings. The number of amides is 1. The lowest BCUT2D eigenvalue weighted by molar-refractivity contribution is -0.154. The molecule has 0 aromatic heterocycles. The topological polar surface area (TPSA) is 81.7 Å². The summed E-state index contributed by atoms with van der Waals surface area (Å²) in [5.74, 6) is -1.79. The van der Waals surface area contributed by atoms with Gasteiger partial charge in [-0.2, -0.15) is 0 Å². The molecule has 1 N–H and O–H groups in total. The second-order valence-electron chi connectivity index (χ2n) is 8.07. The predicted octanol–water partition coefficient (Wildman–Crippen LogP) is 5.06. The van der Waals surface area contributed by atoms with Crippen LogP contribution in [0.4, 0.5) is 9.18 Å². The predicted molar refractivity (Wildman–Crippen MR) is 118 cm³/mol. The van der Waals surface area contributed by atoms with E-state index in [9.17, 15) is 18.8 Å². The second-order valence-corrected chi connectivity index (χ2v) is 8.51. The van der Waals surface area contributed by atoms with Gasteiger partial charge in [0.05, 0.1) is 6.61 Å². The Morgan fingerprint density at radius 1 is 1.22 bits per heavy atom. The van der Waals surface area contributed by atoms with Crippen molar-refractivity contribution >= 4 is 29.6 Å². The van der Waals surface area contributed by atoms with E-state index in [1.54, 1.807) is 18.2 Å². The Kier molecular flexibility index (Phi) is 7.51. The number of benzene rings is 2. The van der Waals surface area contributed by atoms with Crippen LogP contribution in [0.15, 0.2) is 42.5 Å².